The molecule has 7 nitrogen and oxygen atoms in total. The van der Waals surface area contributed by atoms with Crippen molar-refractivity contribution in [2.24, 2.45) is 11.8 Å². The molecular weight excluding hydrogens is 362 g/mol. The Bertz CT molecular complexity index is 835. The molecule has 3 atom stereocenters. The van der Waals surface area contributed by atoms with Gasteiger partial charge in [-0.3, -0.25) is 20.7 Å². The van der Waals surface area contributed by atoms with E-state index < -0.39 is 0 Å². The summed E-state index contributed by atoms with van der Waals surface area (Å²) in [6, 6.07) is 9.61. The number of carbonyl (C=O) groups excluding carboxylic acids is 1. The van der Waals surface area contributed by atoms with Gasteiger partial charge < -0.3 is 10.1 Å². The Morgan fingerprint density at radius 1 is 1.22 bits per heavy atom. The summed E-state index contributed by atoms with van der Waals surface area (Å²) < 4.78 is 5.15. The Morgan fingerprint density at radius 2 is 2.04 bits per heavy atom. The lowest BCUT2D eigenvalue weighted by Gasteiger charge is -2.24. The van der Waals surface area contributed by atoms with E-state index >= 15 is 0 Å². The van der Waals surface area contributed by atoms with E-state index in [9.17, 15) is 4.79 Å². The number of aromatic amines is 1. The molecule has 0 unspecified atom stereocenters. The van der Waals surface area contributed by atoms with Gasteiger partial charge in [-0.05, 0) is 73.6 Å². The Balaban J connectivity index is 1.29. The first-order chi connectivity index (χ1) is 13.1. The van der Waals surface area contributed by atoms with Gasteiger partial charge in [0.2, 0.25) is 0 Å². The summed E-state index contributed by atoms with van der Waals surface area (Å²) in [5, 5.41) is 10.7. The SMILES string of the molecule is COc1ccc(-c2cc(C(=O)NNC(=S)N[C@@H]3C[C@H]4CC[C@H]3C4)[nH]n2)cc1. The van der Waals surface area contributed by atoms with Crippen molar-refractivity contribution in [2.75, 3.05) is 7.11 Å². The smallest absolute Gasteiger partial charge is 0.287 e. The minimum Gasteiger partial charge on any atom is -0.497 e. The predicted molar refractivity (Wildman–Crippen MR) is 106 cm³/mol. The summed E-state index contributed by atoms with van der Waals surface area (Å²) in [7, 11) is 1.62. The number of H-pyrrole nitrogens is 1. The minimum absolute atomic E-state index is 0.320. The highest BCUT2D eigenvalue weighted by Gasteiger charge is 2.39. The van der Waals surface area contributed by atoms with Crippen LogP contribution < -0.4 is 20.9 Å². The Kier molecular flexibility index (Phi) is 4.98. The van der Waals surface area contributed by atoms with Crippen LogP contribution in [0.1, 0.15) is 36.2 Å². The first-order valence-corrected chi connectivity index (χ1v) is 9.60. The normalized spacial score (nSPS) is 23.1. The number of rotatable bonds is 4. The molecule has 2 bridgehead atoms. The van der Waals surface area contributed by atoms with E-state index in [1.165, 1.54) is 25.7 Å². The van der Waals surface area contributed by atoms with Gasteiger partial charge in [0, 0.05) is 11.6 Å². The lowest BCUT2D eigenvalue weighted by molar-refractivity contribution is 0.0938. The average molecular weight is 385 g/mol. The highest BCUT2D eigenvalue weighted by molar-refractivity contribution is 7.80. The third kappa shape index (κ3) is 3.90. The van der Waals surface area contributed by atoms with Crippen LogP contribution in [0.2, 0.25) is 0 Å². The van der Waals surface area contributed by atoms with E-state index in [2.05, 4.69) is 26.4 Å². The van der Waals surface area contributed by atoms with Gasteiger partial charge in [0.05, 0.1) is 12.8 Å². The summed E-state index contributed by atoms with van der Waals surface area (Å²) in [5.41, 5.74) is 7.34. The molecule has 142 valence electrons. The molecule has 1 amide bonds. The molecule has 0 aliphatic heterocycles. The van der Waals surface area contributed by atoms with Crippen molar-refractivity contribution in [1.29, 1.82) is 0 Å². The number of amides is 1. The number of hydrazine groups is 1. The maximum atomic E-state index is 12.3. The lowest BCUT2D eigenvalue weighted by Crippen LogP contribution is -2.50. The number of benzene rings is 1. The van der Waals surface area contributed by atoms with Crippen molar-refractivity contribution in [1.82, 2.24) is 26.4 Å². The van der Waals surface area contributed by atoms with Crippen LogP contribution in [0.5, 0.6) is 5.75 Å². The van der Waals surface area contributed by atoms with Gasteiger partial charge in [0.15, 0.2) is 5.11 Å². The van der Waals surface area contributed by atoms with Gasteiger partial charge in [0.1, 0.15) is 11.4 Å². The summed E-state index contributed by atoms with van der Waals surface area (Å²) in [4.78, 5) is 12.3. The predicted octanol–water partition coefficient (Wildman–Crippen LogP) is 2.38. The zero-order chi connectivity index (χ0) is 18.8. The fourth-order valence-corrected chi connectivity index (χ4v) is 4.36. The zero-order valence-corrected chi connectivity index (χ0v) is 15.9. The Morgan fingerprint density at radius 3 is 2.70 bits per heavy atom. The van der Waals surface area contributed by atoms with Gasteiger partial charge in [-0.15, -0.1) is 0 Å². The number of hydrogen-bond donors (Lipinski definition) is 4. The Labute approximate surface area is 163 Å². The number of methoxy groups -OCH3 is 1. The number of fused-ring (bicyclic) bond motifs is 2. The second-order valence-corrected chi connectivity index (χ2v) is 7.64. The summed E-state index contributed by atoms with van der Waals surface area (Å²) in [6.07, 6.45) is 5.09. The maximum absolute atomic E-state index is 12.3. The number of nitrogens with zero attached hydrogens (tertiary/aromatic N) is 1. The summed E-state index contributed by atoms with van der Waals surface area (Å²) >= 11 is 5.31. The van der Waals surface area contributed by atoms with E-state index in [-0.39, 0.29) is 5.91 Å². The molecule has 8 heteroatoms. The molecule has 4 N–H and O–H groups in total. The fraction of sp³-hybridized carbons (Fsp3) is 0.421. The van der Waals surface area contributed by atoms with Crippen LogP contribution in [0, 0.1) is 11.8 Å². The molecule has 2 fully saturated rings. The van der Waals surface area contributed by atoms with Crippen molar-refractivity contribution in [3.63, 3.8) is 0 Å². The third-order valence-electron chi connectivity index (χ3n) is 5.55. The maximum Gasteiger partial charge on any atom is 0.287 e. The number of nitrogens with one attached hydrogen (secondary N) is 4. The number of carbonyl (C=O) groups is 1. The van der Waals surface area contributed by atoms with Crippen LogP contribution >= 0.6 is 12.2 Å². The van der Waals surface area contributed by atoms with Gasteiger partial charge in [-0.25, -0.2) is 0 Å². The topological polar surface area (TPSA) is 91.1 Å². The highest BCUT2D eigenvalue weighted by Crippen LogP contribution is 2.44. The van der Waals surface area contributed by atoms with Crippen LogP contribution in [0.15, 0.2) is 30.3 Å². The van der Waals surface area contributed by atoms with Gasteiger partial charge >= 0.3 is 0 Å². The molecule has 0 saturated heterocycles. The molecule has 27 heavy (non-hydrogen) atoms. The largest absolute Gasteiger partial charge is 0.497 e. The van der Waals surface area contributed by atoms with E-state index in [1.807, 2.05) is 24.3 Å². The molecule has 1 aromatic carbocycles. The van der Waals surface area contributed by atoms with Crippen molar-refractivity contribution in [2.45, 2.75) is 31.7 Å². The first kappa shape index (κ1) is 17.8. The van der Waals surface area contributed by atoms with E-state index in [0.717, 1.165) is 17.2 Å². The van der Waals surface area contributed by atoms with E-state index in [4.69, 9.17) is 17.0 Å². The molecule has 2 aliphatic rings. The van der Waals surface area contributed by atoms with Gasteiger partial charge in [0.25, 0.3) is 5.91 Å². The number of aromatic nitrogens is 2. The van der Waals surface area contributed by atoms with Crippen molar-refractivity contribution < 1.29 is 9.53 Å². The molecule has 1 aromatic heterocycles. The van der Waals surface area contributed by atoms with Crippen molar-refractivity contribution in [3.8, 4) is 17.0 Å². The molecule has 2 aromatic rings. The molecular formula is C19H23N5O2S. The number of ether oxygens (including phenoxy) is 1. The van der Waals surface area contributed by atoms with Crippen molar-refractivity contribution in [3.05, 3.63) is 36.0 Å². The fourth-order valence-electron chi connectivity index (χ4n) is 4.15. The van der Waals surface area contributed by atoms with Gasteiger partial charge in [-0.1, -0.05) is 6.42 Å². The van der Waals surface area contributed by atoms with Crippen LogP contribution in [-0.4, -0.2) is 34.4 Å². The zero-order valence-electron chi connectivity index (χ0n) is 15.1. The molecule has 2 aliphatic carbocycles. The van der Waals surface area contributed by atoms with Crippen LogP contribution in [-0.2, 0) is 0 Å². The number of hydrogen-bond acceptors (Lipinski definition) is 4. The second-order valence-electron chi connectivity index (χ2n) is 7.23. The van der Waals surface area contributed by atoms with Crippen molar-refractivity contribution >= 4 is 23.2 Å². The first-order valence-electron chi connectivity index (χ1n) is 9.19. The van der Waals surface area contributed by atoms with Crippen LogP contribution in [0.25, 0.3) is 11.3 Å². The standard InChI is InChI=1S/C19H23N5O2S/c1-26-14-6-4-12(5-7-14)16-10-17(22-21-16)18(25)23-24-19(27)20-15-9-11-2-3-13(15)8-11/h4-7,10-11,13,15H,2-3,8-9H2,1H3,(H,21,22)(H,23,25)(H2,20,24,27)/t11-,13-,15+/m0/s1. The molecule has 0 spiro atoms. The van der Waals surface area contributed by atoms with E-state index in [1.54, 1.807) is 13.2 Å². The average Bonchev–Trinajstić information content (AvgIpc) is 3.43. The second kappa shape index (κ2) is 7.56. The molecule has 4 rings (SSSR count). The van der Waals surface area contributed by atoms with Crippen LogP contribution in [0.4, 0.5) is 0 Å². The number of thiocarbonyl (C=S) groups is 1. The lowest BCUT2D eigenvalue weighted by atomic mass is 9.96. The Hall–Kier alpha value is -2.61. The summed E-state index contributed by atoms with van der Waals surface area (Å²) in [5.74, 6) is 2.00. The highest BCUT2D eigenvalue weighted by atomic mass is 32.1. The molecule has 0 radical (unpaired) electrons. The van der Waals surface area contributed by atoms with E-state index in [0.29, 0.717) is 28.5 Å². The minimum atomic E-state index is -0.320. The summed E-state index contributed by atoms with van der Waals surface area (Å²) in [6.45, 7) is 0. The van der Waals surface area contributed by atoms with Gasteiger partial charge in [-0.2, -0.15) is 5.10 Å². The monoisotopic (exact) mass is 385 g/mol. The molecule has 1 heterocycles. The quantitative estimate of drug-likeness (QED) is 0.477. The van der Waals surface area contributed by atoms with Crippen LogP contribution in [0.3, 0.4) is 0 Å². The molecule has 2 saturated carbocycles. The third-order valence-corrected chi connectivity index (χ3v) is 5.77.